The van der Waals surface area contributed by atoms with Gasteiger partial charge in [0.1, 0.15) is 0 Å². The van der Waals surface area contributed by atoms with E-state index in [1.165, 1.54) is 0 Å². The van der Waals surface area contributed by atoms with Crippen LogP contribution in [0.4, 0.5) is 0 Å². The van der Waals surface area contributed by atoms with Crippen molar-refractivity contribution >= 4 is 11.9 Å². The van der Waals surface area contributed by atoms with Gasteiger partial charge in [-0.3, -0.25) is 0 Å². The number of benzene rings is 2. The largest absolute Gasteiger partial charge is 0.493 e. The third kappa shape index (κ3) is 2.25. The van der Waals surface area contributed by atoms with Gasteiger partial charge in [-0.2, -0.15) is 0 Å². The Labute approximate surface area is 163 Å². The Balaban J connectivity index is 1.63. The Hall–Kier alpha value is -3.08. The lowest BCUT2D eigenvalue weighted by molar-refractivity contribution is -0.140. The Morgan fingerprint density at radius 2 is 1.82 bits per heavy atom. The van der Waals surface area contributed by atoms with Crippen molar-refractivity contribution in [3.63, 3.8) is 0 Å². The van der Waals surface area contributed by atoms with Gasteiger partial charge >= 0.3 is 5.97 Å². The number of carbonyl (C=O) groups excluding carboxylic acids is 1. The lowest BCUT2D eigenvalue weighted by Crippen LogP contribution is -2.44. The first-order valence-corrected chi connectivity index (χ1v) is 9.45. The smallest absolute Gasteiger partial charge is 0.342 e. The van der Waals surface area contributed by atoms with Crippen LogP contribution in [0.15, 0.2) is 65.7 Å². The Morgan fingerprint density at radius 1 is 1.04 bits per heavy atom. The summed E-state index contributed by atoms with van der Waals surface area (Å²) >= 11 is 0. The van der Waals surface area contributed by atoms with Gasteiger partial charge in [-0.25, -0.2) is 9.79 Å². The van der Waals surface area contributed by atoms with Gasteiger partial charge in [-0.05, 0) is 42.2 Å². The van der Waals surface area contributed by atoms with Crippen molar-refractivity contribution in [3.8, 4) is 11.5 Å². The van der Waals surface area contributed by atoms with Crippen molar-refractivity contribution in [2.24, 2.45) is 16.8 Å². The van der Waals surface area contributed by atoms with Gasteiger partial charge in [-0.15, -0.1) is 0 Å². The molecule has 0 saturated heterocycles. The highest BCUT2D eigenvalue weighted by molar-refractivity contribution is 6.09. The van der Waals surface area contributed by atoms with Gasteiger partial charge in [0, 0.05) is 17.4 Å². The zero-order valence-electron chi connectivity index (χ0n) is 15.8. The zero-order valence-corrected chi connectivity index (χ0v) is 15.8. The van der Waals surface area contributed by atoms with Crippen molar-refractivity contribution in [1.82, 2.24) is 0 Å². The molecule has 0 aromatic heterocycles. The molecule has 1 heterocycles. The minimum Gasteiger partial charge on any atom is -0.493 e. The Bertz CT molecular complexity index is 997. The molecular formula is C23H21NO4. The summed E-state index contributed by atoms with van der Waals surface area (Å²) in [6.07, 6.45) is 5.24. The number of hydrogen-bond donors (Lipinski definition) is 0. The van der Waals surface area contributed by atoms with Gasteiger partial charge in [0.2, 0.25) is 5.90 Å². The summed E-state index contributed by atoms with van der Waals surface area (Å²) in [7, 11) is 3.23. The van der Waals surface area contributed by atoms with E-state index in [0.717, 1.165) is 17.5 Å². The lowest BCUT2D eigenvalue weighted by Gasteiger charge is -2.33. The fourth-order valence-corrected chi connectivity index (χ4v) is 4.95. The second kappa shape index (κ2) is 6.23. The summed E-state index contributed by atoms with van der Waals surface area (Å²) in [5, 5.41) is 0. The van der Waals surface area contributed by atoms with E-state index in [9.17, 15) is 4.79 Å². The number of allylic oxidation sites excluding steroid dienone is 1. The van der Waals surface area contributed by atoms with Crippen LogP contribution in [-0.4, -0.2) is 31.6 Å². The quantitative estimate of drug-likeness (QED) is 0.603. The molecule has 142 valence electrons. The van der Waals surface area contributed by atoms with Crippen molar-refractivity contribution in [2.45, 2.75) is 17.9 Å². The van der Waals surface area contributed by atoms with E-state index < -0.39 is 5.54 Å². The van der Waals surface area contributed by atoms with Crippen molar-refractivity contribution < 1.29 is 19.0 Å². The molecule has 28 heavy (non-hydrogen) atoms. The van der Waals surface area contributed by atoms with Gasteiger partial charge in [-0.1, -0.05) is 36.4 Å². The van der Waals surface area contributed by atoms with Crippen LogP contribution in [0.5, 0.6) is 11.5 Å². The number of methoxy groups -OCH3 is 2. The molecule has 5 rings (SSSR count). The molecule has 3 aliphatic rings. The van der Waals surface area contributed by atoms with Crippen LogP contribution >= 0.6 is 0 Å². The minimum atomic E-state index is -0.913. The van der Waals surface area contributed by atoms with E-state index >= 15 is 0 Å². The van der Waals surface area contributed by atoms with Crippen LogP contribution in [0.25, 0.3) is 0 Å². The van der Waals surface area contributed by atoms with E-state index in [4.69, 9.17) is 19.2 Å². The summed E-state index contributed by atoms with van der Waals surface area (Å²) in [4.78, 5) is 18.1. The Kier molecular flexibility index (Phi) is 3.79. The summed E-state index contributed by atoms with van der Waals surface area (Å²) in [6, 6.07) is 15.5. The molecule has 0 N–H and O–H groups in total. The third-order valence-corrected chi connectivity index (χ3v) is 6.17. The fourth-order valence-electron chi connectivity index (χ4n) is 4.95. The molecule has 1 fully saturated rings. The van der Waals surface area contributed by atoms with Crippen LogP contribution in [0.1, 0.15) is 23.5 Å². The minimum absolute atomic E-state index is 0.0457. The summed E-state index contributed by atoms with van der Waals surface area (Å²) in [5.74, 6) is 1.68. The second-order valence-corrected chi connectivity index (χ2v) is 7.48. The van der Waals surface area contributed by atoms with Crippen molar-refractivity contribution in [3.05, 3.63) is 71.8 Å². The van der Waals surface area contributed by atoms with Crippen LogP contribution in [0.3, 0.4) is 0 Å². The molecule has 5 nitrogen and oxygen atoms in total. The number of carbonyl (C=O) groups is 1. The molecule has 1 spiro atoms. The number of aliphatic imine (C=N–C) groups is 1. The molecule has 0 amide bonds. The number of cyclic esters (lactones) is 1. The van der Waals surface area contributed by atoms with E-state index in [-0.39, 0.29) is 23.7 Å². The zero-order chi connectivity index (χ0) is 19.3. The van der Waals surface area contributed by atoms with Crippen LogP contribution < -0.4 is 9.47 Å². The molecule has 4 atom stereocenters. The van der Waals surface area contributed by atoms with E-state index in [1.807, 2.05) is 48.5 Å². The molecule has 5 heteroatoms. The molecule has 1 aliphatic heterocycles. The molecule has 2 unspecified atom stereocenters. The highest BCUT2D eigenvalue weighted by Gasteiger charge is 2.65. The maximum absolute atomic E-state index is 13.2. The number of hydrogen-bond acceptors (Lipinski definition) is 5. The predicted molar refractivity (Wildman–Crippen MR) is 105 cm³/mol. The normalized spacial score (nSPS) is 29.9. The third-order valence-electron chi connectivity index (χ3n) is 6.17. The van der Waals surface area contributed by atoms with Crippen LogP contribution in [-0.2, 0) is 9.53 Å². The molecule has 0 radical (unpaired) electrons. The summed E-state index contributed by atoms with van der Waals surface area (Å²) in [6.45, 7) is 0. The van der Waals surface area contributed by atoms with Gasteiger partial charge in [0.25, 0.3) is 0 Å². The first kappa shape index (κ1) is 17.0. The highest BCUT2D eigenvalue weighted by Crippen LogP contribution is 2.59. The molecule has 2 bridgehead atoms. The molecule has 2 aromatic rings. The van der Waals surface area contributed by atoms with Gasteiger partial charge in [0.15, 0.2) is 17.0 Å². The molecule has 2 aliphatic carbocycles. The SMILES string of the molecule is COc1ccc([C@H]2C3C=CC(C3)[C@@]23N=C(c2ccccc2)OC3=O)cc1OC. The number of fused-ring (bicyclic) bond motifs is 3. The van der Waals surface area contributed by atoms with E-state index in [1.54, 1.807) is 14.2 Å². The first-order valence-electron chi connectivity index (χ1n) is 9.45. The summed E-state index contributed by atoms with van der Waals surface area (Å²) in [5.41, 5.74) is 0.930. The van der Waals surface area contributed by atoms with Gasteiger partial charge in [0.05, 0.1) is 14.2 Å². The standard InChI is InChI=1S/C23H21NO4/c1-26-18-11-9-16(13-19(18)27-2)20-15-8-10-17(12-15)23(20)22(25)28-21(24-23)14-6-4-3-5-7-14/h3-11,13,15,17,20H,12H2,1-2H3/t15?,17?,20-,23-/m1/s1. The number of ether oxygens (including phenoxy) is 3. The monoisotopic (exact) mass is 375 g/mol. The van der Waals surface area contributed by atoms with E-state index in [0.29, 0.717) is 17.4 Å². The fraction of sp³-hybridized carbons (Fsp3) is 0.304. The van der Waals surface area contributed by atoms with E-state index in [2.05, 4.69) is 12.2 Å². The number of esters is 1. The van der Waals surface area contributed by atoms with Crippen LogP contribution in [0.2, 0.25) is 0 Å². The van der Waals surface area contributed by atoms with Gasteiger partial charge < -0.3 is 14.2 Å². The Morgan fingerprint density at radius 3 is 2.57 bits per heavy atom. The average Bonchev–Trinajstić information content (AvgIpc) is 3.43. The lowest BCUT2D eigenvalue weighted by atomic mass is 9.73. The first-order chi connectivity index (χ1) is 13.7. The van der Waals surface area contributed by atoms with Crippen molar-refractivity contribution in [1.29, 1.82) is 0 Å². The maximum Gasteiger partial charge on any atom is 0.342 e. The maximum atomic E-state index is 13.2. The average molecular weight is 375 g/mol. The number of nitrogens with zero attached hydrogens (tertiary/aromatic N) is 1. The topological polar surface area (TPSA) is 57.1 Å². The molecule has 2 aromatic carbocycles. The summed E-state index contributed by atoms with van der Waals surface area (Å²) < 4.78 is 16.6. The molecule has 1 saturated carbocycles. The van der Waals surface area contributed by atoms with Crippen LogP contribution in [0, 0.1) is 11.8 Å². The second-order valence-electron chi connectivity index (χ2n) is 7.48. The number of rotatable bonds is 4. The highest BCUT2D eigenvalue weighted by atomic mass is 16.6. The molecular weight excluding hydrogens is 354 g/mol. The van der Waals surface area contributed by atoms with Crippen molar-refractivity contribution in [2.75, 3.05) is 14.2 Å². The predicted octanol–water partition coefficient (Wildman–Crippen LogP) is 3.74.